The van der Waals surface area contributed by atoms with Crippen LogP contribution in [0.2, 0.25) is 5.02 Å². The van der Waals surface area contributed by atoms with Crippen LogP contribution >= 0.6 is 11.6 Å². The largest absolute Gasteiger partial charge is 0.316 e. The van der Waals surface area contributed by atoms with Crippen LogP contribution in [0.25, 0.3) is 0 Å². The molecule has 1 aromatic carbocycles. The number of halogens is 1. The van der Waals surface area contributed by atoms with E-state index in [0.717, 1.165) is 31.2 Å². The first kappa shape index (κ1) is 13.5. The molecule has 0 heterocycles. The molecule has 0 aromatic heterocycles. The molecule has 1 N–H and O–H groups in total. The van der Waals surface area contributed by atoms with Gasteiger partial charge in [0.1, 0.15) is 0 Å². The monoisotopic (exact) mass is 240 g/mol. The lowest BCUT2D eigenvalue weighted by Crippen LogP contribution is -2.28. The van der Waals surface area contributed by atoms with E-state index in [1.54, 1.807) is 0 Å². The summed E-state index contributed by atoms with van der Waals surface area (Å²) < 4.78 is 0. The van der Waals surface area contributed by atoms with Gasteiger partial charge in [0.05, 0.1) is 0 Å². The summed E-state index contributed by atoms with van der Waals surface area (Å²) in [6.45, 7) is 8.18. The topological polar surface area (TPSA) is 15.3 Å². The maximum absolute atomic E-state index is 6.19. The molecule has 0 saturated carbocycles. The highest BCUT2D eigenvalue weighted by Gasteiger charge is 2.04. The van der Waals surface area contributed by atoms with Crippen molar-refractivity contribution in [2.75, 3.05) is 26.7 Å². The first-order valence-electron chi connectivity index (χ1n) is 5.77. The molecule has 0 unspecified atom stereocenters. The molecule has 0 aliphatic carbocycles. The number of nitrogens with zero attached hydrogens (tertiary/aromatic N) is 1. The summed E-state index contributed by atoms with van der Waals surface area (Å²) in [4.78, 5) is 2.28. The summed E-state index contributed by atoms with van der Waals surface area (Å²) in [5.41, 5.74) is 2.41. The second-order valence-electron chi connectivity index (χ2n) is 4.19. The van der Waals surface area contributed by atoms with Crippen LogP contribution in [0, 0.1) is 6.92 Å². The summed E-state index contributed by atoms with van der Waals surface area (Å²) in [7, 11) is 2.12. The predicted molar refractivity (Wildman–Crippen MR) is 71.1 cm³/mol. The minimum atomic E-state index is 0.871. The summed E-state index contributed by atoms with van der Waals surface area (Å²) in [6.07, 6.45) is 0. The Morgan fingerprint density at radius 3 is 2.75 bits per heavy atom. The van der Waals surface area contributed by atoms with Crippen LogP contribution in [0.4, 0.5) is 0 Å². The van der Waals surface area contributed by atoms with E-state index in [0.29, 0.717) is 0 Å². The number of likely N-dealkylation sites (N-methyl/N-ethyl adjacent to an activating group) is 2. The highest BCUT2D eigenvalue weighted by Crippen LogP contribution is 2.18. The fraction of sp³-hybridized carbons (Fsp3) is 0.538. The van der Waals surface area contributed by atoms with Gasteiger partial charge in [0.15, 0.2) is 0 Å². The van der Waals surface area contributed by atoms with Gasteiger partial charge in [0.2, 0.25) is 0 Å². The SMILES string of the molecule is CCNCCN(C)Cc1ccc(C)cc1Cl. The lowest BCUT2D eigenvalue weighted by molar-refractivity contribution is 0.325. The van der Waals surface area contributed by atoms with Gasteiger partial charge in [0, 0.05) is 24.7 Å². The third kappa shape index (κ3) is 4.52. The zero-order chi connectivity index (χ0) is 12.0. The van der Waals surface area contributed by atoms with Crippen LogP contribution in [0.5, 0.6) is 0 Å². The first-order valence-corrected chi connectivity index (χ1v) is 6.15. The smallest absolute Gasteiger partial charge is 0.0453 e. The lowest BCUT2D eigenvalue weighted by atomic mass is 10.1. The molecule has 16 heavy (non-hydrogen) atoms. The van der Waals surface area contributed by atoms with Crippen molar-refractivity contribution in [3.05, 3.63) is 34.3 Å². The van der Waals surface area contributed by atoms with Crippen molar-refractivity contribution in [2.24, 2.45) is 0 Å². The fourth-order valence-corrected chi connectivity index (χ4v) is 1.89. The Balaban J connectivity index is 2.46. The maximum Gasteiger partial charge on any atom is 0.0453 e. The van der Waals surface area contributed by atoms with Crippen molar-refractivity contribution >= 4 is 11.6 Å². The highest BCUT2D eigenvalue weighted by molar-refractivity contribution is 6.31. The van der Waals surface area contributed by atoms with Gasteiger partial charge < -0.3 is 10.2 Å². The minimum absolute atomic E-state index is 0.871. The summed E-state index contributed by atoms with van der Waals surface area (Å²) in [5, 5.41) is 4.18. The van der Waals surface area contributed by atoms with E-state index >= 15 is 0 Å². The van der Waals surface area contributed by atoms with Crippen molar-refractivity contribution in [3.63, 3.8) is 0 Å². The van der Waals surface area contributed by atoms with E-state index < -0.39 is 0 Å². The van der Waals surface area contributed by atoms with E-state index in [1.165, 1.54) is 11.1 Å². The zero-order valence-corrected chi connectivity index (χ0v) is 11.1. The quantitative estimate of drug-likeness (QED) is 0.770. The summed E-state index contributed by atoms with van der Waals surface area (Å²) >= 11 is 6.19. The molecule has 0 atom stereocenters. The third-order valence-corrected chi connectivity index (χ3v) is 2.92. The highest BCUT2D eigenvalue weighted by atomic mass is 35.5. The van der Waals surface area contributed by atoms with Gasteiger partial charge in [0.25, 0.3) is 0 Å². The van der Waals surface area contributed by atoms with E-state index in [9.17, 15) is 0 Å². The Morgan fingerprint density at radius 1 is 1.38 bits per heavy atom. The van der Waals surface area contributed by atoms with Gasteiger partial charge in [-0.2, -0.15) is 0 Å². The van der Waals surface area contributed by atoms with Gasteiger partial charge in [-0.25, -0.2) is 0 Å². The van der Waals surface area contributed by atoms with Crippen molar-refractivity contribution in [1.82, 2.24) is 10.2 Å². The average Bonchev–Trinajstić information content (AvgIpc) is 2.23. The Kier molecular flexibility index (Phi) is 5.81. The predicted octanol–water partition coefficient (Wildman–Crippen LogP) is 2.69. The van der Waals surface area contributed by atoms with E-state index in [2.05, 4.69) is 43.2 Å². The molecule has 0 aliphatic rings. The first-order chi connectivity index (χ1) is 7.63. The molecule has 0 bridgehead atoms. The van der Waals surface area contributed by atoms with Crippen LogP contribution in [0.3, 0.4) is 0 Å². The molecule has 0 spiro atoms. The lowest BCUT2D eigenvalue weighted by Gasteiger charge is -2.17. The number of hydrogen-bond acceptors (Lipinski definition) is 2. The summed E-state index contributed by atoms with van der Waals surface area (Å²) in [6, 6.07) is 6.25. The second kappa shape index (κ2) is 6.89. The third-order valence-electron chi connectivity index (χ3n) is 2.57. The molecule has 3 heteroatoms. The van der Waals surface area contributed by atoms with Gasteiger partial charge in [-0.05, 0) is 37.7 Å². The van der Waals surface area contributed by atoms with Gasteiger partial charge in [-0.1, -0.05) is 30.7 Å². The normalized spacial score (nSPS) is 11.1. The van der Waals surface area contributed by atoms with Crippen LogP contribution in [0.1, 0.15) is 18.1 Å². The Labute approximate surface area is 104 Å². The number of nitrogens with one attached hydrogen (secondary N) is 1. The molecule has 1 aromatic rings. The Morgan fingerprint density at radius 2 is 2.12 bits per heavy atom. The molecular weight excluding hydrogens is 220 g/mol. The molecule has 90 valence electrons. The fourth-order valence-electron chi connectivity index (χ4n) is 1.60. The molecule has 0 aliphatic heterocycles. The Bertz CT molecular complexity index is 326. The number of rotatable bonds is 6. The van der Waals surface area contributed by atoms with E-state index in [4.69, 9.17) is 11.6 Å². The standard InChI is InChI=1S/C13H21ClN2/c1-4-15-7-8-16(3)10-12-6-5-11(2)9-13(12)14/h5-6,9,15H,4,7-8,10H2,1-3H3. The van der Waals surface area contributed by atoms with E-state index in [-0.39, 0.29) is 0 Å². The van der Waals surface area contributed by atoms with Crippen LogP contribution in [-0.4, -0.2) is 31.6 Å². The van der Waals surface area contributed by atoms with Gasteiger partial charge in [-0.3, -0.25) is 0 Å². The van der Waals surface area contributed by atoms with Crippen molar-refractivity contribution in [2.45, 2.75) is 20.4 Å². The van der Waals surface area contributed by atoms with Crippen molar-refractivity contribution < 1.29 is 0 Å². The van der Waals surface area contributed by atoms with Gasteiger partial charge in [-0.15, -0.1) is 0 Å². The maximum atomic E-state index is 6.19. The van der Waals surface area contributed by atoms with Crippen LogP contribution in [0.15, 0.2) is 18.2 Å². The van der Waals surface area contributed by atoms with E-state index in [1.807, 2.05) is 6.07 Å². The van der Waals surface area contributed by atoms with Crippen molar-refractivity contribution in [1.29, 1.82) is 0 Å². The Hall–Kier alpha value is -0.570. The molecular formula is C13H21ClN2. The zero-order valence-electron chi connectivity index (χ0n) is 10.4. The molecule has 0 radical (unpaired) electrons. The summed E-state index contributed by atoms with van der Waals surface area (Å²) in [5.74, 6) is 0. The average molecular weight is 241 g/mol. The number of hydrogen-bond donors (Lipinski definition) is 1. The molecule has 2 nitrogen and oxygen atoms in total. The van der Waals surface area contributed by atoms with Gasteiger partial charge >= 0.3 is 0 Å². The molecule has 0 amide bonds. The van der Waals surface area contributed by atoms with Crippen molar-refractivity contribution in [3.8, 4) is 0 Å². The second-order valence-corrected chi connectivity index (χ2v) is 4.59. The minimum Gasteiger partial charge on any atom is -0.316 e. The molecule has 0 fully saturated rings. The molecule has 1 rings (SSSR count). The van der Waals surface area contributed by atoms with Crippen LogP contribution in [-0.2, 0) is 6.54 Å². The van der Waals surface area contributed by atoms with Crippen LogP contribution < -0.4 is 5.32 Å². The molecule has 0 saturated heterocycles. The number of aryl methyl sites for hydroxylation is 1. The number of benzene rings is 1.